The molecule has 0 saturated carbocycles. The molecule has 0 atom stereocenters. The Bertz CT molecular complexity index is 890. The SMILES string of the molecule is O=C(Cc1ccc(CCCCc2ccccc2)cc1)NOC(=O)CCC(=O)N1CCCCC1. The van der Waals surface area contributed by atoms with Crippen molar-refractivity contribution in [2.45, 2.75) is 64.2 Å². The number of hydrogen-bond donors (Lipinski definition) is 1. The fourth-order valence-electron chi connectivity index (χ4n) is 4.02. The van der Waals surface area contributed by atoms with Crippen LogP contribution in [-0.2, 0) is 38.5 Å². The summed E-state index contributed by atoms with van der Waals surface area (Å²) in [5.74, 6) is -1.01. The topological polar surface area (TPSA) is 75.7 Å². The van der Waals surface area contributed by atoms with E-state index in [4.69, 9.17) is 4.84 Å². The van der Waals surface area contributed by atoms with Crippen molar-refractivity contribution >= 4 is 17.8 Å². The highest BCUT2D eigenvalue weighted by molar-refractivity contribution is 5.83. The van der Waals surface area contributed by atoms with Gasteiger partial charge < -0.3 is 9.74 Å². The first-order valence-corrected chi connectivity index (χ1v) is 12.0. The summed E-state index contributed by atoms with van der Waals surface area (Å²) in [5.41, 5.74) is 5.67. The molecule has 6 heteroatoms. The van der Waals surface area contributed by atoms with E-state index in [-0.39, 0.29) is 31.1 Å². The molecule has 1 aliphatic rings. The Morgan fingerprint density at radius 2 is 1.36 bits per heavy atom. The second-order valence-corrected chi connectivity index (χ2v) is 8.63. The van der Waals surface area contributed by atoms with Crippen molar-refractivity contribution in [1.82, 2.24) is 10.4 Å². The van der Waals surface area contributed by atoms with Gasteiger partial charge in [0.2, 0.25) is 5.91 Å². The van der Waals surface area contributed by atoms with Gasteiger partial charge in [-0.2, -0.15) is 5.48 Å². The van der Waals surface area contributed by atoms with Crippen LogP contribution in [0, 0.1) is 0 Å². The van der Waals surface area contributed by atoms with Gasteiger partial charge in [-0.15, -0.1) is 0 Å². The first-order chi connectivity index (χ1) is 16.1. The van der Waals surface area contributed by atoms with E-state index in [1.54, 1.807) is 4.90 Å². The predicted molar refractivity (Wildman–Crippen MR) is 127 cm³/mol. The fraction of sp³-hybridized carbons (Fsp3) is 0.444. The second kappa shape index (κ2) is 13.4. The Morgan fingerprint density at radius 3 is 2.03 bits per heavy atom. The Kier molecular flexibility index (Phi) is 9.95. The minimum atomic E-state index is -0.598. The van der Waals surface area contributed by atoms with Gasteiger partial charge in [-0.05, 0) is 61.6 Å². The molecule has 176 valence electrons. The van der Waals surface area contributed by atoms with Gasteiger partial charge in [0.15, 0.2) is 0 Å². The average Bonchev–Trinajstić information content (AvgIpc) is 2.86. The lowest BCUT2D eigenvalue weighted by molar-refractivity contribution is -0.159. The zero-order valence-electron chi connectivity index (χ0n) is 19.3. The van der Waals surface area contributed by atoms with E-state index in [1.807, 2.05) is 30.3 Å². The zero-order valence-corrected chi connectivity index (χ0v) is 19.3. The van der Waals surface area contributed by atoms with Crippen LogP contribution >= 0.6 is 0 Å². The van der Waals surface area contributed by atoms with E-state index < -0.39 is 5.97 Å². The molecule has 1 fully saturated rings. The second-order valence-electron chi connectivity index (χ2n) is 8.63. The fourth-order valence-corrected chi connectivity index (χ4v) is 4.02. The van der Waals surface area contributed by atoms with Crippen molar-refractivity contribution in [3.05, 3.63) is 71.3 Å². The quantitative estimate of drug-likeness (QED) is 0.436. The molecule has 0 aliphatic carbocycles. The van der Waals surface area contributed by atoms with Gasteiger partial charge in [0, 0.05) is 19.5 Å². The highest BCUT2D eigenvalue weighted by Crippen LogP contribution is 2.12. The number of hydrogen-bond acceptors (Lipinski definition) is 4. The first kappa shape index (κ1) is 24.5. The summed E-state index contributed by atoms with van der Waals surface area (Å²) in [6.45, 7) is 1.52. The summed E-state index contributed by atoms with van der Waals surface area (Å²) >= 11 is 0. The molecule has 2 aromatic rings. The van der Waals surface area contributed by atoms with E-state index >= 15 is 0 Å². The predicted octanol–water partition coefficient (Wildman–Crippen LogP) is 4.16. The molecule has 33 heavy (non-hydrogen) atoms. The van der Waals surface area contributed by atoms with E-state index in [0.29, 0.717) is 0 Å². The van der Waals surface area contributed by atoms with Gasteiger partial charge in [0.25, 0.3) is 5.91 Å². The molecule has 0 bridgehead atoms. The lowest BCUT2D eigenvalue weighted by Gasteiger charge is -2.26. The number of carbonyl (C=O) groups is 3. The van der Waals surface area contributed by atoms with Crippen molar-refractivity contribution in [1.29, 1.82) is 0 Å². The highest BCUT2D eigenvalue weighted by Gasteiger charge is 2.18. The van der Waals surface area contributed by atoms with Crippen molar-refractivity contribution in [2.24, 2.45) is 0 Å². The van der Waals surface area contributed by atoms with E-state index in [1.165, 1.54) is 11.1 Å². The molecule has 2 amide bonds. The highest BCUT2D eigenvalue weighted by atomic mass is 16.7. The molecule has 2 aromatic carbocycles. The number of rotatable bonds is 10. The molecule has 1 heterocycles. The van der Waals surface area contributed by atoms with Crippen molar-refractivity contribution in [3.8, 4) is 0 Å². The molecule has 1 N–H and O–H groups in total. The minimum absolute atomic E-state index is 0.0295. The van der Waals surface area contributed by atoms with E-state index in [0.717, 1.165) is 63.6 Å². The van der Waals surface area contributed by atoms with Gasteiger partial charge in [0.05, 0.1) is 12.8 Å². The Hall–Kier alpha value is -3.15. The summed E-state index contributed by atoms with van der Waals surface area (Å²) in [7, 11) is 0. The summed E-state index contributed by atoms with van der Waals surface area (Å²) < 4.78 is 0. The number of unbranched alkanes of at least 4 members (excludes halogenated alkanes) is 1. The number of aryl methyl sites for hydroxylation is 2. The maximum atomic E-state index is 12.1. The van der Waals surface area contributed by atoms with E-state index in [2.05, 4.69) is 29.7 Å². The number of carbonyl (C=O) groups excluding carboxylic acids is 3. The average molecular weight is 451 g/mol. The van der Waals surface area contributed by atoms with Crippen LogP contribution in [-0.4, -0.2) is 35.8 Å². The van der Waals surface area contributed by atoms with Crippen LogP contribution in [0.4, 0.5) is 0 Å². The number of likely N-dealkylation sites (tertiary alicyclic amines) is 1. The normalized spacial score (nSPS) is 13.4. The number of piperidine rings is 1. The summed E-state index contributed by atoms with van der Waals surface area (Å²) in [4.78, 5) is 42.6. The maximum Gasteiger partial charge on any atom is 0.332 e. The molecule has 1 aliphatic heterocycles. The number of nitrogens with one attached hydrogen (secondary N) is 1. The molecule has 0 radical (unpaired) electrons. The minimum Gasteiger partial charge on any atom is -0.343 e. The summed E-state index contributed by atoms with van der Waals surface area (Å²) in [6, 6.07) is 18.5. The molecular formula is C27H34N2O4. The van der Waals surface area contributed by atoms with Crippen LogP contribution in [0.5, 0.6) is 0 Å². The van der Waals surface area contributed by atoms with Crippen molar-refractivity contribution in [2.75, 3.05) is 13.1 Å². The number of amides is 2. The Morgan fingerprint density at radius 1 is 0.758 bits per heavy atom. The van der Waals surface area contributed by atoms with Gasteiger partial charge in [-0.3, -0.25) is 9.59 Å². The van der Waals surface area contributed by atoms with Crippen molar-refractivity contribution in [3.63, 3.8) is 0 Å². The molecule has 3 rings (SSSR count). The molecular weight excluding hydrogens is 416 g/mol. The monoisotopic (exact) mass is 450 g/mol. The van der Waals surface area contributed by atoms with Crippen LogP contribution in [0.15, 0.2) is 54.6 Å². The lowest BCUT2D eigenvalue weighted by Crippen LogP contribution is -2.36. The Labute approximate surface area is 196 Å². The molecule has 6 nitrogen and oxygen atoms in total. The number of nitrogens with zero attached hydrogens (tertiary/aromatic N) is 1. The van der Waals surface area contributed by atoms with Crippen molar-refractivity contribution < 1.29 is 19.2 Å². The van der Waals surface area contributed by atoms with Gasteiger partial charge >= 0.3 is 5.97 Å². The third-order valence-corrected chi connectivity index (χ3v) is 5.94. The largest absolute Gasteiger partial charge is 0.343 e. The third-order valence-electron chi connectivity index (χ3n) is 5.94. The van der Waals surface area contributed by atoms with Gasteiger partial charge in [0.1, 0.15) is 0 Å². The smallest absolute Gasteiger partial charge is 0.332 e. The third kappa shape index (κ3) is 9.08. The van der Waals surface area contributed by atoms with Crippen LogP contribution in [0.3, 0.4) is 0 Å². The molecule has 0 unspecified atom stereocenters. The van der Waals surface area contributed by atoms with Crippen LogP contribution in [0.1, 0.15) is 61.6 Å². The molecule has 1 saturated heterocycles. The molecule has 0 aromatic heterocycles. The molecule has 0 spiro atoms. The number of benzene rings is 2. The van der Waals surface area contributed by atoms with Gasteiger partial charge in [-0.1, -0.05) is 54.6 Å². The maximum absolute atomic E-state index is 12.1. The summed E-state index contributed by atoms with van der Waals surface area (Å²) in [5, 5.41) is 0. The first-order valence-electron chi connectivity index (χ1n) is 12.0. The zero-order chi connectivity index (χ0) is 23.3. The standard InChI is InChI=1S/C27H34N2O4/c30-25(28-33-27(32)18-17-26(31)29-19-7-2-8-20-29)21-24-15-13-23(14-16-24)12-6-5-11-22-9-3-1-4-10-22/h1,3-4,9-10,13-16H,2,5-8,11-12,17-21H2,(H,28,30). The van der Waals surface area contributed by atoms with Crippen LogP contribution in [0.2, 0.25) is 0 Å². The van der Waals surface area contributed by atoms with Crippen LogP contribution < -0.4 is 5.48 Å². The number of hydroxylamine groups is 1. The Balaban J connectivity index is 1.28. The van der Waals surface area contributed by atoms with Gasteiger partial charge in [-0.25, -0.2) is 4.79 Å². The lowest BCUT2D eigenvalue weighted by atomic mass is 10.0. The summed E-state index contributed by atoms with van der Waals surface area (Å²) in [6.07, 6.45) is 7.74. The van der Waals surface area contributed by atoms with E-state index in [9.17, 15) is 14.4 Å². The van der Waals surface area contributed by atoms with Crippen LogP contribution in [0.25, 0.3) is 0 Å².